The molecule has 0 bridgehead atoms. The van der Waals surface area contributed by atoms with Crippen LogP contribution in [0.3, 0.4) is 0 Å². The van der Waals surface area contributed by atoms with Gasteiger partial charge in [0, 0.05) is 69.2 Å². The summed E-state index contributed by atoms with van der Waals surface area (Å²) < 4.78 is 28.3. The summed E-state index contributed by atoms with van der Waals surface area (Å²) in [5, 5.41) is 15.1. The summed E-state index contributed by atoms with van der Waals surface area (Å²) in [6, 6.07) is 24.0. The van der Waals surface area contributed by atoms with Crippen LogP contribution >= 0.6 is 0 Å². The number of halogens is 1. The smallest absolute Gasteiger partial charge is 0.270 e. The van der Waals surface area contributed by atoms with Crippen molar-refractivity contribution in [2.24, 2.45) is 5.92 Å². The fourth-order valence-corrected chi connectivity index (χ4v) is 9.16. The summed E-state index contributed by atoms with van der Waals surface area (Å²) >= 11 is 0. The van der Waals surface area contributed by atoms with E-state index in [2.05, 4.69) is 48.5 Å². The number of amides is 3. The molecule has 12 nitrogen and oxygen atoms in total. The summed E-state index contributed by atoms with van der Waals surface area (Å²) in [4.78, 5) is 47.9. The van der Waals surface area contributed by atoms with Crippen LogP contribution in [0.2, 0.25) is 0 Å². The molecule has 4 aromatic rings. The number of nitrogens with one attached hydrogen (secondary N) is 2. The Morgan fingerprint density at radius 3 is 2.52 bits per heavy atom. The Hall–Kier alpha value is -5.69. The molecule has 5 aliphatic rings. The monoisotopic (exact) mass is 760 g/mol. The Balaban J connectivity index is 0.802. The maximum Gasteiger partial charge on any atom is 0.270 e. The van der Waals surface area contributed by atoms with Gasteiger partial charge in [-0.15, -0.1) is 0 Å². The lowest BCUT2D eigenvalue weighted by atomic mass is 9.76. The van der Waals surface area contributed by atoms with E-state index in [9.17, 15) is 19.5 Å². The number of rotatable bonds is 7. The molecule has 3 saturated heterocycles. The van der Waals surface area contributed by atoms with E-state index in [1.165, 1.54) is 0 Å². The van der Waals surface area contributed by atoms with E-state index >= 15 is 4.39 Å². The molecule has 56 heavy (non-hydrogen) atoms. The van der Waals surface area contributed by atoms with E-state index in [1.807, 2.05) is 36.4 Å². The number of carbonyl (C=O) groups excluding carboxylic acids is 3. The highest BCUT2D eigenvalue weighted by atomic mass is 19.1. The van der Waals surface area contributed by atoms with E-state index in [0.29, 0.717) is 36.4 Å². The van der Waals surface area contributed by atoms with Gasteiger partial charge in [0.2, 0.25) is 17.7 Å². The minimum absolute atomic E-state index is 0.00211. The maximum atomic E-state index is 16.1. The average molecular weight is 761 g/mol. The molecule has 0 radical (unpaired) electrons. The predicted molar refractivity (Wildman–Crippen MR) is 207 cm³/mol. The summed E-state index contributed by atoms with van der Waals surface area (Å²) in [5.41, 5.74) is 4.63. The first-order chi connectivity index (χ1) is 27.3. The molecule has 3 N–H and O–H groups in total. The molecule has 0 saturated carbocycles. The van der Waals surface area contributed by atoms with Gasteiger partial charge in [0.05, 0.1) is 18.3 Å². The zero-order valence-electron chi connectivity index (χ0n) is 31.0. The van der Waals surface area contributed by atoms with Gasteiger partial charge in [0.25, 0.3) is 5.91 Å². The van der Waals surface area contributed by atoms with Crippen molar-refractivity contribution >= 4 is 29.1 Å². The molecule has 2 unspecified atom stereocenters. The number of benzene rings is 3. The number of anilines is 2. The van der Waals surface area contributed by atoms with Crippen molar-refractivity contribution in [1.82, 2.24) is 20.5 Å². The lowest BCUT2D eigenvalue weighted by Gasteiger charge is -2.46. The maximum absolute atomic E-state index is 16.1. The molecule has 5 aliphatic heterocycles. The topological polar surface area (TPSA) is 137 Å². The van der Waals surface area contributed by atoms with Gasteiger partial charge < -0.3 is 29.7 Å². The number of pyridine rings is 1. The highest BCUT2D eigenvalue weighted by Crippen LogP contribution is 2.47. The average Bonchev–Trinajstić information content (AvgIpc) is 3.21. The first-order valence-electron chi connectivity index (χ1n) is 19.6. The standard InChI is InChI=1S/C43H45FN6O6/c44-33-20-28(40-31-8-7-30(51)21-38(31)55-25-32(40)27-4-2-1-3-5-27)6-11-36(33)49-16-14-26(15-17-49)22-48-18-19-50-29(23-48)24-56-43-37(50)12-9-35(46-43)41(53)45-34-10-13-39(52)47-42(34)54/h1-9,11-12,20-21,26,29,32,34,40,51H,10,13-19,22-25H2,(H,45,53)(H,47,52,54)/t29?,32-,34?,40-/m0/s1. The number of piperidine rings is 2. The third-order valence-corrected chi connectivity index (χ3v) is 12.1. The number of hydrogen-bond donors (Lipinski definition) is 3. The third-order valence-electron chi connectivity index (χ3n) is 12.1. The van der Waals surface area contributed by atoms with Gasteiger partial charge in [-0.1, -0.05) is 42.5 Å². The van der Waals surface area contributed by atoms with E-state index in [4.69, 9.17) is 9.47 Å². The highest BCUT2D eigenvalue weighted by molar-refractivity contribution is 6.03. The van der Waals surface area contributed by atoms with Crippen LogP contribution in [0.1, 0.15) is 64.7 Å². The number of ether oxygens (including phenoxy) is 2. The number of piperazine rings is 1. The van der Waals surface area contributed by atoms with Crippen LogP contribution < -0.4 is 29.9 Å². The molecule has 1 aromatic heterocycles. The minimum Gasteiger partial charge on any atom is -0.508 e. The largest absolute Gasteiger partial charge is 0.508 e. The van der Waals surface area contributed by atoms with Crippen LogP contribution in [-0.4, -0.2) is 97.3 Å². The molecule has 0 spiro atoms. The second-order valence-electron chi connectivity index (χ2n) is 15.6. The van der Waals surface area contributed by atoms with Crippen LogP contribution in [0, 0.1) is 11.7 Å². The van der Waals surface area contributed by atoms with Gasteiger partial charge in [0.15, 0.2) is 0 Å². The Labute approximate surface area is 324 Å². The van der Waals surface area contributed by atoms with Crippen molar-refractivity contribution in [3.63, 3.8) is 0 Å². The van der Waals surface area contributed by atoms with Crippen molar-refractivity contribution in [2.75, 3.05) is 62.3 Å². The number of hydrogen-bond acceptors (Lipinski definition) is 10. The second kappa shape index (κ2) is 15.1. The zero-order chi connectivity index (χ0) is 38.3. The quantitative estimate of drug-likeness (QED) is 0.230. The van der Waals surface area contributed by atoms with Crippen molar-refractivity contribution < 1.29 is 33.4 Å². The fraction of sp³-hybridized carbons (Fsp3) is 0.395. The molecule has 6 heterocycles. The van der Waals surface area contributed by atoms with Crippen LogP contribution in [0.25, 0.3) is 0 Å². The van der Waals surface area contributed by atoms with E-state index in [1.54, 1.807) is 24.3 Å². The number of phenolic OH excluding ortho intramolecular Hbond substituents is 1. The predicted octanol–water partition coefficient (Wildman–Crippen LogP) is 4.57. The van der Waals surface area contributed by atoms with Gasteiger partial charge in [-0.3, -0.25) is 24.6 Å². The van der Waals surface area contributed by atoms with E-state index < -0.39 is 17.9 Å². The summed E-state index contributed by atoms with van der Waals surface area (Å²) in [5.74, 6) is 0.0385. The van der Waals surface area contributed by atoms with E-state index in [-0.39, 0.29) is 53.9 Å². The van der Waals surface area contributed by atoms with Crippen molar-refractivity contribution in [2.45, 2.75) is 49.6 Å². The summed E-state index contributed by atoms with van der Waals surface area (Å²) in [7, 11) is 0. The lowest BCUT2D eigenvalue weighted by Crippen LogP contribution is -2.58. The number of phenols is 1. The van der Waals surface area contributed by atoms with Gasteiger partial charge in [-0.2, -0.15) is 0 Å². The molecule has 9 rings (SSSR count). The highest BCUT2D eigenvalue weighted by Gasteiger charge is 2.37. The number of aromatic nitrogens is 1. The molecular weight excluding hydrogens is 716 g/mol. The SMILES string of the molecule is O=C1CCC(NC(=O)c2ccc3c(n2)OCC2CN(CC4CCN(c5ccc([C@H]6c7ccc(O)cc7OC[C@H]6c6ccccc6)cc5F)CC4)CCN32)C(=O)N1. The number of imide groups is 1. The molecule has 4 atom stereocenters. The Kier molecular flexibility index (Phi) is 9.70. The first-order valence-corrected chi connectivity index (χ1v) is 19.6. The second-order valence-corrected chi connectivity index (χ2v) is 15.6. The van der Waals surface area contributed by atoms with Gasteiger partial charge >= 0.3 is 0 Å². The zero-order valence-corrected chi connectivity index (χ0v) is 31.0. The number of nitrogens with zero attached hydrogens (tertiary/aromatic N) is 4. The third kappa shape index (κ3) is 7.11. The van der Waals surface area contributed by atoms with Gasteiger partial charge in [-0.05, 0) is 66.6 Å². The van der Waals surface area contributed by atoms with Crippen molar-refractivity contribution in [3.05, 3.63) is 107 Å². The van der Waals surface area contributed by atoms with Crippen molar-refractivity contribution in [3.8, 4) is 17.4 Å². The molecule has 3 fully saturated rings. The van der Waals surface area contributed by atoms with Gasteiger partial charge in [0.1, 0.15) is 41.3 Å². The Morgan fingerprint density at radius 1 is 0.893 bits per heavy atom. The molecule has 290 valence electrons. The summed E-state index contributed by atoms with van der Waals surface area (Å²) in [6.45, 7) is 6.00. The normalized spacial score (nSPS) is 23.9. The minimum atomic E-state index is -0.773. The van der Waals surface area contributed by atoms with Crippen LogP contribution in [0.5, 0.6) is 17.4 Å². The Morgan fingerprint density at radius 2 is 1.71 bits per heavy atom. The number of carbonyl (C=O) groups is 3. The first kappa shape index (κ1) is 36.0. The number of fused-ring (bicyclic) bond motifs is 4. The van der Waals surface area contributed by atoms with E-state index in [0.717, 1.165) is 74.5 Å². The van der Waals surface area contributed by atoms with Gasteiger partial charge in [-0.25, -0.2) is 9.37 Å². The molecular formula is C43H45FN6O6. The molecule has 13 heteroatoms. The van der Waals surface area contributed by atoms with Crippen LogP contribution in [-0.2, 0) is 9.59 Å². The van der Waals surface area contributed by atoms with Crippen LogP contribution in [0.4, 0.5) is 15.8 Å². The van der Waals surface area contributed by atoms with Crippen LogP contribution in [0.15, 0.2) is 78.9 Å². The Bertz CT molecular complexity index is 2140. The van der Waals surface area contributed by atoms with Crippen molar-refractivity contribution in [1.29, 1.82) is 0 Å². The summed E-state index contributed by atoms with van der Waals surface area (Å²) in [6.07, 6.45) is 2.39. The molecule has 0 aliphatic carbocycles. The fourth-order valence-electron chi connectivity index (χ4n) is 9.16. The molecule has 3 aromatic carbocycles. The lowest BCUT2D eigenvalue weighted by molar-refractivity contribution is -0.134. The molecule has 3 amide bonds. The number of aromatic hydroxyl groups is 1.